The molecule has 0 spiro atoms. The number of para-hydroxylation sites is 1. The Morgan fingerprint density at radius 3 is 2.86 bits per heavy atom. The molecule has 2 N–H and O–H groups in total. The zero-order valence-electron chi connectivity index (χ0n) is 16.0. The van der Waals surface area contributed by atoms with Crippen LogP contribution in [0.1, 0.15) is 11.3 Å². The molecule has 4 rings (SSSR count). The van der Waals surface area contributed by atoms with Gasteiger partial charge in [0.15, 0.2) is 0 Å². The third kappa shape index (κ3) is 4.22. The van der Waals surface area contributed by atoms with E-state index >= 15 is 0 Å². The van der Waals surface area contributed by atoms with E-state index < -0.39 is 0 Å². The van der Waals surface area contributed by atoms with Crippen LogP contribution in [0.5, 0.6) is 0 Å². The number of nitrogens with one attached hydrogen (secondary N) is 2. The van der Waals surface area contributed by atoms with Crippen LogP contribution in [-0.4, -0.2) is 35.5 Å². The number of likely N-dealkylation sites (N-methyl/N-ethyl adjacent to an activating group) is 1. The summed E-state index contributed by atoms with van der Waals surface area (Å²) >= 11 is 7.88. The molecule has 6 heteroatoms. The van der Waals surface area contributed by atoms with Crippen LogP contribution in [0.3, 0.4) is 0 Å². The van der Waals surface area contributed by atoms with Gasteiger partial charge in [0.2, 0.25) is 0 Å². The van der Waals surface area contributed by atoms with E-state index in [1.54, 1.807) is 11.3 Å². The maximum Gasteiger partial charge on any atom is 0.123 e. The highest BCUT2D eigenvalue weighted by molar-refractivity contribution is 7.13. The van der Waals surface area contributed by atoms with Gasteiger partial charge < -0.3 is 15.2 Å². The quantitative estimate of drug-likeness (QED) is 0.413. The summed E-state index contributed by atoms with van der Waals surface area (Å²) in [6.45, 7) is 1.69. The van der Waals surface area contributed by atoms with Crippen molar-refractivity contribution in [1.29, 1.82) is 0 Å². The molecule has 0 aliphatic rings. The number of anilines is 1. The minimum Gasteiger partial charge on any atom is -0.378 e. The Balaban J connectivity index is 1.52. The second kappa shape index (κ2) is 8.35. The monoisotopic (exact) mass is 410 g/mol. The highest BCUT2D eigenvalue weighted by atomic mass is 35.5. The average Bonchev–Trinajstić information content (AvgIpc) is 3.32. The average molecular weight is 411 g/mol. The predicted octanol–water partition coefficient (Wildman–Crippen LogP) is 5.66. The molecular weight excluding hydrogens is 388 g/mol. The van der Waals surface area contributed by atoms with Gasteiger partial charge >= 0.3 is 0 Å². The van der Waals surface area contributed by atoms with Crippen molar-refractivity contribution in [3.05, 3.63) is 70.3 Å². The first-order valence-corrected chi connectivity index (χ1v) is 10.5. The molecule has 0 amide bonds. The molecule has 2 heterocycles. The first-order chi connectivity index (χ1) is 13.6. The fraction of sp³-hybridized carbons (Fsp3) is 0.227. The highest BCUT2D eigenvalue weighted by Gasteiger charge is 2.10. The molecule has 0 unspecified atom stereocenters. The molecule has 4 nitrogen and oxygen atoms in total. The first-order valence-electron chi connectivity index (χ1n) is 9.28. The number of H-pyrrole nitrogens is 1. The predicted molar refractivity (Wildman–Crippen MR) is 120 cm³/mol. The summed E-state index contributed by atoms with van der Waals surface area (Å²) in [4.78, 5) is 10.4. The molecule has 0 saturated carbocycles. The Kier molecular flexibility index (Phi) is 5.67. The molecule has 144 valence electrons. The number of thiazole rings is 1. The van der Waals surface area contributed by atoms with Crippen LogP contribution in [0.2, 0.25) is 5.02 Å². The fourth-order valence-electron chi connectivity index (χ4n) is 3.17. The summed E-state index contributed by atoms with van der Waals surface area (Å²) in [5, 5.41) is 8.51. The van der Waals surface area contributed by atoms with Crippen molar-refractivity contribution in [2.45, 2.75) is 13.0 Å². The molecule has 0 fully saturated rings. The van der Waals surface area contributed by atoms with Crippen LogP contribution >= 0.6 is 22.9 Å². The number of aromatic nitrogens is 2. The normalized spacial score (nSPS) is 11.4. The number of rotatable bonds is 7. The minimum atomic E-state index is 0.653. The topological polar surface area (TPSA) is 44.0 Å². The summed E-state index contributed by atoms with van der Waals surface area (Å²) in [5.74, 6) is 0. The van der Waals surface area contributed by atoms with Gasteiger partial charge in [-0.2, -0.15) is 0 Å². The van der Waals surface area contributed by atoms with E-state index in [0.717, 1.165) is 39.9 Å². The van der Waals surface area contributed by atoms with E-state index in [-0.39, 0.29) is 0 Å². The van der Waals surface area contributed by atoms with Gasteiger partial charge in [-0.05, 0) is 56.4 Å². The number of benzene rings is 2. The first kappa shape index (κ1) is 19.0. The number of aromatic amines is 1. The van der Waals surface area contributed by atoms with Crippen LogP contribution in [0.15, 0.2) is 54.0 Å². The van der Waals surface area contributed by atoms with Crippen molar-refractivity contribution >= 4 is 39.5 Å². The molecule has 0 atom stereocenters. The van der Waals surface area contributed by atoms with Crippen LogP contribution in [0.25, 0.3) is 21.5 Å². The van der Waals surface area contributed by atoms with Crippen molar-refractivity contribution < 1.29 is 0 Å². The second-order valence-electron chi connectivity index (χ2n) is 7.10. The molecule has 4 aromatic rings. The molecule has 2 aromatic carbocycles. The molecule has 0 bridgehead atoms. The van der Waals surface area contributed by atoms with Gasteiger partial charge in [0.25, 0.3) is 0 Å². The standard InChI is InChI=1S/C22H23ClN4S/c1-27(2)10-9-16-12-24-20-8-7-15(11-18(16)20)22-26-17(14-28-22)13-25-21-6-4-3-5-19(21)23/h3-8,11-12,14,24-25H,9-10,13H2,1-2H3. The van der Waals surface area contributed by atoms with E-state index in [9.17, 15) is 0 Å². The molecular formula is C22H23ClN4S. The molecule has 0 aliphatic carbocycles. The van der Waals surface area contributed by atoms with Crippen LogP contribution in [0, 0.1) is 0 Å². The van der Waals surface area contributed by atoms with Gasteiger partial charge in [-0.1, -0.05) is 23.7 Å². The molecule has 28 heavy (non-hydrogen) atoms. The summed E-state index contributed by atoms with van der Waals surface area (Å²) in [5.41, 5.74) is 5.63. The van der Waals surface area contributed by atoms with Crippen LogP contribution < -0.4 is 5.32 Å². The van der Waals surface area contributed by atoms with E-state index in [4.69, 9.17) is 16.6 Å². The van der Waals surface area contributed by atoms with E-state index in [2.05, 4.69) is 59.1 Å². The van der Waals surface area contributed by atoms with Gasteiger partial charge in [-0.15, -0.1) is 11.3 Å². The number of halogens is 1. The number of nitrogens with zero attached hydrogens (tertiary/aromatic N) is 2. The Morgan fingerprint density at radius 2 is 2.04 bits per heavy atom. The highest BCUT2D eigenvalue weighted by Crippen LogP contribution is 2.29. The lowest BCUT2D eigenvalue weighted by Gasteiger charge is -2.08. The van der Waals surface area contributed by atoms with Crippen molar-refractivity contribution in [3.63, 3.8) is 0 Å². The van der Waals surface area contributed by atoms with Gasteiger partial charge in [-0.25, -0.2) is 4.98 Å². The SMILES string of the molecule is CN(C)CCc1c[nH]c2ccc(-c3nc(CNc4ccccc4Cl)cs3)cc12. The Bertz CT molecular complexity index is 1080. The Morgan fingerprint density at radius 1 is 1.18 bits per heavy atom. The lowest BCUT2D eigenvalue weighted by atomic mass is 10.1. The summed E-state index contributed by atoms with van der Waals surface area (Å²) < 4.78 is 0. The third-order valence-electron chi connectivity index (χ3n) is 4.73. The van der Waals surface area contributed by atoms with E-state index in [1.807, 2.05) is 24.3 Å². The van der Waals surface area contributed by atoms with Gasteiger partial charge in [0.1, 0.15) is 5.01 Å². The second-order valence-corrected chi connectivity index (χ2v) is 8.37. The largest absolute Gasteiger partial charge is 0.378 e. The lowest BCUT2D eigenvalue weighted by molar-refractivity contribution is 0.414. The van der Waals surface area contributed by atoms with Crippen molar-refractivity contribution in [2.75, 3.05) is 26.0 Å². The maximum absolute atomic E-state index is 6.21. The van der Waals surface area contributed by atoms with Crippen molar-refractivity contribution in [2.24, 2.45) is 0 Å². The van der Waals surface area contributed by atoms with E-state index in [1.165, 1.54) is 16.5 Å². The van der Waals surface area contributed by atoms with Gasteiger partial charge in [0.05, 0.1) is 22.9 Å². The van der Waals surface area contributed by atoms with Crippen molar-refractivity contribution in [1.82, 2.24) is 14.9 Å². The number of hydrogen-bond acceptors (Lipinski definition) is 4. The van der Waals surface area contributed by atoms with Gasteiger partial charge in [0, 0.05) is 34.6 Å². The summed E-state index contributed by atoms with van der Waals surface area (Å²) in [6, 6.07) is 14.3. The summed E-state index contributed by atoms with van der Waals surface area (Å²) in [6.07, 6.45) is 3.15. The van der Waals surface area contributed by atoms with Crippen LogP contribution in [-0.2, 0) is 13.0 Å². The summed E-state index contributed by atoms with van der Waals surface area (Å²) in [7, 11) is 4.21. The number of hydrogen-bond donors (Lipinski definition) is 2. The molecule has 0 aliphatic heterocycles. The third-order valence-corrected chi connectivity index (χ3v) is 6.00. The Labute approximate surface area is 174 Å². The lowest BCUT2D eigenvalue weighted by Crippen LogP contribution is -2.14. The number of fused-ring (bicyclic) bond motifs is 1. The van der Waals surface area contributed by atoms with Crippen LogP contribution in [0.4, 0.5) is 5.69 Å². The molecule has 0 radical (unpaired) electrons. The zero-order valence-corrected chi connectivity index (χ0v) is 17.6. The fourth-order valence-corrected chi connectivity index (χ4v) is 4.19. The van der Waals surface area contributed by atoms with Gasteiger partial charge in [-0.3, -0.25) is 0 Å². The maximum atomic E-state index is 6.21. The molecule has 0 saturated heterocycles. The van der Waals surface area contributed by atoms with E-state index in [0.29, 0.717) is 6.54 Å². The Hall–Kier alpha value is -2.34. The smallest absolute Gasteiger partial charge is 0.123 e. The zero-order chi connectivity index (χ0) is 19.5. The molecule has 2 aromatic heterocycles. The van der Waals surface area contributed by atoms with Crippen molar-refractivity contribution in [3.8, 4) is 10.6 Å². The minimum absolute atomic E-state index is 0.653.